The molecule has 0 aliphatic carbocycles. The molecule has 0 bridgehead atoms. The van der Waals surface area contributed by atoms with E-state index in [1.54, 1.807) is 12.1 Å². The fourth-order valence-electron chi connectivity index (χ4n) is 2.76. The number of hydrogen-bond acceptors (Lipinski definition) is 4. The van der Waals surface area contributed by atoms with Crippen molar-refractivity contribution in [2.45, 2.75) is 0 Å². The number of imide groups is 2. The summed E-state index contributed by atoms with van der Waals surface area (Å²) >= 11 is 0. The van der Waals surface area contributed by atoms with Crippen LogP contribution in [0.2, 0.25) is 0 Å². The number of urea groups is 1. The maximum absolute atomic E-state index is 11.8. The van der Waals surface area contributed by atoms with Crippen LogP contribution in [-0.4, -0.2) is 17.8 Å². The molecule has 0 unspecified atom stereocenters. The quantitative estimate of drug-likeness (QED) is 0.558. The second-order valence-electron chi connectivity index (χ2n) is 5.52. The third-order valence-corrected chi connectivity index (χ3v) is 3.91. The predicted octanol–water partition coefficient (Wildman–Crippen LogP) is 2.85. The van der Waals surface area contributed by atoms with Crippen LogP contribution in [0.25, 0.3) is 28.2 Å². The highest BCUT2D eigenvalue weighted by atomic mass is 16.3. The highest BCUT2D eigenvalue weighted by Gasteiger charge is 2.28. The Hall–Kier alpha value is -3.67. The van der Waals surface area contributed by atoms with E-state index < -0.39 is 17.8 Å². The normalized spacial score (nSPS) is 14.4. The number of hydrogen-bond donors (Lipinski definition) is 2. The third kappa shape index (κ3) is 2.70. The minimum Gasteiger partial charge on any atom is -0.457 e. The van der Waals surface area contributed by atoms with Crippen LogP contribution in [0.1, 0.15) is 5.76 Å². The Morgan fingerprint density at radius 1 is 0.800 bits per heavy atom. The zero-order chi connectivity index (χ0) is 17.4. The molecular weight excluding hydrogens is 320 g/mol. The van der Waals surface area contributed by atoms with Gasteiger partial charge in [0.1, 0.15) is 17.1 Å². The minimum absolute atomic E-state index is 0.182. The molecule has 0 atom stereocenters. The second kappa shape index (κ2) is 5.76. The Morgan fingerprint density at radius 2 is 1.52 bits per heavy atom. The molecule has 3 aromatic rings. The first-order valence-corrected chi connectivity index (χ1v) is 7.58. The third-order valence-electron chi connectivity index (χ3n) is 3.91. The first kappa shape index (κ1) is 14.9. The van der Waals surface area contributed by atoms with Crippen LogP contribution in [0, 0.1) is 0 Å². The molecule has 1 aliphatic rings. The summed E-state index contributed by atoms with van der Waals surface area (Å²) in [5.74, 6) is -0.539. The van der Waals surface area contributed by atoms with Crippen molar-refractivity contribution < 1.29 is 18.8 Å². The van der Waals surface area contributed by atoms with E-state index in [1.165, 1.54) is 6.08 Å². The van der Waals surface area contributed by atoms with Crippen LogP contribution in [-0.2, 0) is 9.59 Å². The molecule has 6 nitrogen and oxygen atoms in total. The minimum atomic E-state index is -0.831. The van der Waals surface area contributed by atoms with E-state index in [1.807, 2.05) is 53.1 Å². The average molecular weight is 332 g/mol. The molecule has 4 amide bonds. The maximum atomic E-state index is 11.8. The summed E-state index contributed by atoms with van der Waals surface area (Å²) in [4.78, 5) is 34.6. The van der Waals surface area contributed by atoms with Gasteiger partial charge in [0.2, 0.25) is 0 Å². The number of furan rings is 1. The van der Waals surface area contributed by atoms with Gasteiger partial charge in [0, 0.05) is 5.56 Å². The number of carbonyl (C=O) groups is 3. The van der Waals surface area contributed by atoms with Crippen molar-refractivity contribution in [3.63, 3.8) is 0 Å². The lowest BCUT2D eigenvalue weighted by molar-refractivity contribution is -0.123. The molecule has 4 rings (SSSR count). The van der Waals surface area contributed by atoms with Crippen LogP contribution >= 0.6 is 0 Å². The Bertz CT molecular complexity index is 1030. The molecule has 1 fully saturated rings. The van der Waals surface area contributed by atoms with Crippen molar-refractivity contribution in [2.75, 3.05) is 0 Å². The number of benzene rings is 2. The van der Waals surface area contributed by atoms with Gasteiger partial charge in [-0.3, -0.25) is 20.2 Å². The lowest BCUT2D eigenvalue weighted by atomic mass is 10.0. The molecule has 2 heterocycles. The van der Waals surface area contributed by atoms with Gasteiger partial charge in [-0.1, -0.05) is 42.5 Å². The number of barbiturate groups is 1. The van der Waals surface area contributed by atoms with Crippen LogP contribution in [0.3, 0.4) is 0 Å². The van der Waals surface area contributed by atoms with Crippen molar-refractivity contribution in [2.24, 2.45) is 0 Å². The summed E-state index contributed by atoms with van der Waals surface area (Å²) < 4.78 is 5.78. The van der Waals surface area contributed by atoms with Crippen LogP contribution < -0.4 is 10.6 Å². The Balaban J connectivity index is 1.73. The van der Waals surface area contributed by atoms with E-state index in [4.69, 9.17) is 4.42 Å². The van der Waals surface area contributed by atoms with Gasteiger partial charge in [-0.15, -0.1) is 0 Å². The molecule has 1 aromatic heterocycles. The number of fused-ring (bicyclic) bond motifs is 1. The standard InChI is InChI=1S/C19H12N2O4/c22-17-15(18(23)21-19(24)20-17)10-12-8-9-16(25-12)14-7-3-5-11-4-1-2-6-13(11)14/h1-10H,(H2,20,21,22,23,24). The molecule has 122 valence electrons. The molecule has 2 aromatic carbocycles. The molecular formula is C19H12N2O4. The topological polar surface area (TPSA) is 88.4 Å². The van der Waals surface area contributed by atoms with Crippen molar-refractivity contribution >= 4 is 34.7 Å². The smallest absolute Gasteiger partial charge is 0.328 e. The average Bonchev–Trinajstić information content (AvgIpc) is 3.06. The fraction of sp³-hybridized carbons (Fsp3) is 0. The van der Waals surface area contributed by atoms with E-state index in [0.29, 0.717) is 11.5 Å². The van der Waals surface area contributed by atoms with E-state index in [0.717, 1.165) is 16.3 Å². The van der Waals surface area contributed by atoms with E-state index in [2.05, 4.69) is 0 Å². The zero-order valence-corrected chi connectivity index (χ0v) is 12.9. The van der Waals surface area contributed by atoms with Crippen LogP contribution in [0.4, 0.5) is 4.79 Å². The summed E-state index contributed by atoms with van der Waals surface area (Å²) in [6.45, 7) is 0. The van der Waals surface area contributed by atoms with Gasteiger partial charge in [0.25, 0.3) is 11.8 Å². The number of nitrogens with one attached hydrogen (secondary N) is 2. The largest absolute Gasteiger partial charge is 0.457 e. The first-order chi connectivity index (χ1) is 12.1. The Morgan fingerprint density at radius 3 is 2.32 bits per heavy atom. The zero-order valence-electron chi connectivity index (χ0n) is 12.9. The summed E-state index contributed by atoms with van der Waals surface area (Å²) in [7, 11) is 0. The molecule has 1 saturated heterocycles. The van der Waals surface area contributed by atoms with Crippen molar-refractivity contribution in [1.29, 1.82) is 0 Å². The van der Waals surface area contributed by atoms with Gasteiger partial charge in [0.05, 0.1) is 0 Å². The highest BCUT2D eigenvalue weighted by molar-refractivity contribution is 6.31. The molecule has 0 spiro atoms. The van der Waals surface area contributed by atoms with Crippen molar-refractivity contribution in [3.8, 4) is 11.3 Å². The van der Waals surface area contributed by atoms with Crippen LogP contribution in [0.15, 0.2) is 64.6 Å². The fourth-order valence-corrected chi connectivity index (χ4v) is 2.76. The van der Waals surface area contributed by atoms with E-state index in [-0.39, 0.29) is 5.57 Å². The molecule has 0 radical (unpaired) electrons. The Kier molecular flexibility index (Phi) is 3.43. The maximum Gasteiger partial charge on any atom is 0.328 e. The first-order valence-electron chi connectivity index (χ1n) is 7.58. The lowest BCUT2D eigenvalue weighted by Gasteiger charge is -2.13. The van der Waals surface area contributed by atoms with Gasteiger partial charge < -0.3 is 4.42 Å². The van der Waals surface area contributed by atoms with Crippen molar-refractivity contribution in [1.82, 2.24) is 10.6 Å². The van der Waals surface area contributed by atoms with Gasteiger partial charge >= 0.3 is 6.03 Å². The van der Waals surface area contributed by atoms with Gasteiger partial charge in [-0.05, 0) is 29.0 Å². The molecule has 25 heavy (non-hydrogen) atoms. The highest BCUT2D eigenvalue weighted by Crippen LogP contribution is 2.30. The summed E-state index contributed by atoms with van der Waals surface area (Å²) in [5.41, 5.74) is 0.730. The number of carbonyl (C=O) groups excluding carboxylic acids is 3. The molecule has 1 aliphatic heterocycles. The van der Waals surface area contributed by atoms with Gasteiger partial charge in [0.15, 0.2) is 0 Å². The van der Waals surface area contributed by atoms with Gasteiger partial charge in [-0.25, -0.2) is 4.79 Å². The second-order valence-corrected chi connectivity index (χ2v) is 5.52. The van der Waals surface area contributed by atoms with E-state index in [9.17, 15) is 14.4 Å². The number of rotatable bonds is 2. The monoisotopic (exact) mass is 332 g/mol. The van der Waals surface area contributed by atoms with E-state index >= 15 is 0 Å². The summed E-state index contributed by atoms with van der Waals surface area (Å²) in [6, 6.07) is 16.4. The summed E-state index contributed by atoms with van der Waals surface area (Å²) in [5, 5.41) is 6.17. The van der Waals surface area contributed by atoms with Gasteiger partial charge in [-0.2, -0.15) is 0 Å². The van der Waals surface area contributed by atoms with Crippen LogP contribution in [0.5, 0.6) is 0 Å². The molecule has 0 saturated carbocycles. The number of amides is 4. The molecule has 2 N–H and O–H groups in total. The predicted molar refractivity (Wildman–Crippen MR) is 91.3 cm³/mol. The Labute approximate surface area is 142 Å². The SMILES string of the molecule is O=C1NC(=O)C(=Cc2ccc(-c3cccc4ccccc34)o2)C(=O)N1. The lowest BCUT2D eigenvalue weighted by Crippen LogP contribution is -2.51. The van der Waals surface area contributed by atoms with Crippen molar-refractivity contribution in [3.05, 3.63) is 65.9 Å². The summed E-state index contributed by atoms with van der Waals surface area (Å²) in [6.07, 6.45) is 1.31. The molecule has 6 heteroatoms.